The van der Waals surface area contributed by atoms with Crippen LogP contribution in [0.25, 0.3) is 0 Å². The van der Waals surface area contributed by atoms with Crippen LogP contribution in [0, 0.1) is 5.92 Å². The molecule has 2 rings (SSSR count). The van der Waals surface area contributed by atoms with E-state index >= 15 is 0 Å². The molecule has 0 radical (unpaired) electrons. The Morgan fingerprint density at radius 3 is 2.65 bits per heavy atom. The number of thioether (sulfide) groups is 1. The minimum atomic E-state index is 0.742. The number of piperazine rings is 1. The smallest absolute Gasteiger partial charge is 0.0249 e. The van der Waals surface area contributed by atoms with Gasteiger partial charge in [0, 0.05) is 37.5 Å². The first kappa shape index (κ1) is 16.6. The maximum absolute atomic E-state index is 3.84. The Morgan fingerprint density at radius 1 is 1.15 bits per heavy atom. The molecule has 1 N–H and O–H groups in total. The summed E-state index contributed by atoms with van der Waals surface area (Å²) in [7, 11) is 0. The van der Waals surface area contributed by atoms with Gasteiger partial charge in [0.1, 0.15) is 0 Å². The summed E-state index contributed by atoms with van der Waals surface area (Å²) >= 11 is 2.10. The van der Waals surface area contributed by atoms with E-state index in [0.717, 1.165) is 18.0 Å². The molecule has 1 heterocycles. The molecule has 2 fully saturated rings. The first-order valence-corrected chi connectivity index (χ1v) is 10.1. The SMILES string of the molecule is CCCC1CN(CCSCC)C(C2CCCCC2)CN1. The normalized spacial score (nSPS) is 29.7. The van der Waals surface area contributed by atoms with Gasteiger partial charge in [0.05, 0.1) is 0 Å². The summed E-state index contributed by atoms with van der Waals surface area (Å²) in [5.41, 5.74) is 0. The molecule has 1 saturated carbocycles. The molecule has 0 aromatic carbocycles. The van der Waals surface area contributed by atoms with Crippen molar-refractivity contribution in [2.75, 3.05) is 31.1 Å². The van der Waals surface area contributed by atoms with Crippen LogP contribution in [0.2, 0.25) is 0 Å². The summed E-state index contributed by atoms with van der Waals surface area (Å²) in [4.78, 5) is 2.84. The molecule has 0 aromatic heterocycles. The molecule has 2 unspecified atom stereocenters. The third kappa shape index (κ3) is 4.92. The number of nitrogens with one attached hydrogen (secondary N) is 1. The molecule has 2 nitrogen and oxygen atoms in total. The van der Waals surface area contributed by atoms with Crippen LogP contribution in [0.5, 0.6) is 0 Å². The summed E-state index contributed by atoms with van der Waals surface area (Å²) in [6.07, 6.45) is 10.0. The minimum Gasteiger partial charge on any atom is -0.311 e. The number of hydrogen-bond donors (Lipinski definition) is 1. The maximum Gasteiger partial charge on any atom is 0.0249 e. The first-order valence-electron chi connectivity index (χ1n) is 8.90. The van der Waals surface area contributed by atoms with Crippen LogP contribution in [0.3, 0.4) is 0 Å². The Labute approximate surface area is 130 Å². The molecule has 118 valence electrons. The molecule has 1 aliphatic heterocycles. The standard InChI is InChI=1S/C17H34N2S/c1-3-8-16-14-19(11-12-20-4-2)17(13-18-16)15-9-6-5-7-10-15/h15-18H,3-14H2,1-2H3. The molecule has 3 heteroatoms. The third-order valence-electron chi connectivity index (χ3n) is 5.10. The number of rotatable bonds is 7. The molecule has 2 aliphatic rings. The van der Waals surface area contributed by atoms with Crippen molar-refractivity contribution in [2.24, 2.45) is 5.92 Å². The highest BCUT2D eigenvalue weighted by Crippen LogP contribution is 2.30. The van der Waals surface area contributed by atoms with Gasteiger partial charge in [-0.1, -0.05) is 39.5 Å². The van der Waals surface area contributed by atoms with E-state index in [-0.39, 0.29) is 0 Å². The first-order chi connectivity index (χ1) is 9.85. The lowest BCUT2D eigenvalue weighted by Crippen LogP contribution is -2.59. The zero-order valence-corrected chi connectivity index (χ0v) is 14.4. The van der Waals surface area contributed by atoms with Crippen LogP contribution in [0.4, 0.5) is 0 Å². The molecule has 1 aliphatic carbocycles. The predicted molar refractivity (Wildman–Crippen MR) is 91.6 cm³/mol. The summed E-state index contributed by atoms with van der Waals surface area (Å²) < 4.78 is 0. The van der Waals surface area contributed by atoms with Crippen molar-refractivity contribution in [3.63, 3.8) is 0 Å². The van der Waals surface area contributed by atoms with Crippen LogP contribution in [0.1, 0.15) is 58.8 Å². The number of nitrogens with zero attached hydrogens (tertiary/aromatic N) is 1. The molecular formula is C17H34N2S. The van der Waals surface area contributed by atoms with Crippen LogP contribution in [-0.4, -0.2) is 48.1 Å². The van der Waals surface area contributed by atoms with E-state index in [1.807, 2.05) is 0 Å². The van der Waals surface area contributed by atoms with E-state index in [0.29, 0.717) is 0 Å². The van der Waals surface area contributed by atoms with E-state index in [1.54, 1.807) is 0 Å². The summed E-state index contributed by atoms with van der Waals surface area (Å²) in [5.74, 6) is 3.54. The van der Waals surface area contributed by atoms with Crippen molar-refractivity contribution >= 4 is 11.8 Å². The maximum atomic E-state index is 3.84. The van der Waals surface area contributed by atoms with Crippen LogP contribution in [-0.2, 0) is 0 Å². The molecule has 0 aromatic rings. The lowest BCUT2D eigenvalue weighted by atomic mass is 9.82. The second-order valence-corrected chi connectivity index (χ2v) is 7.94. The van der Waals surface area contributed by atoms with Gasteiger partial charge in [0.25, 0.3) is 0 Å². The second-order valence-electron chi connectivity index (χ2n) is 6.55. The highest BCUT2D eigenvalue weighted by atomic mass is 32.2. The van der Waals surface area contributed by atoms with Crippen LogP contribution >= 0.6 is 11.8 Å². The molecule has 2 atom stereocenters. The lowest BCUT2D eigenvalue weighted by molar-refractivity contribution is 0.0756. The lowest BCUT2D eigenvalue weighted by Gasteiger charge is -2.45. The summed E-state index contributed by atoms with van der Waals surface area (Å²) in [6, 6.07) is 1.56. The van der Waals surface area contributed by atoms with Crippen molar-refractivity contribution in [1.82, 2.24) is 10.2 Å². The van der Waals surface area contributed by atoms with Gasteiger partial charge in [-0.25, -0.2) is 0 Å². The molecular weight excluding hydrogens is 264 g/mol. The fraction of sp³-hybridized carbons (Fsp3) is 1.00. The fourth-order valence-electron chi connectivity index (χ4n) is 4.01. The quantitative estimate of drug-likeness (QED) is 0.720. The fourth-order valence-corrected chi connectivity index (χ4v) is 4.66. The van der Waals surface area contributed by atoms with Crippen molar-refractivity contribution in [3.05, 3.63) is 0 Å². The van der Waals surface area contributed by atoms with E-state index in [4.69, 9.17) is 0 Å². The summed E-state index contributed by atoms with van der Waals surface area (Å²) in [6.45, 7) is 8.43. The highest BCUT2D eigenvalue weighted by molar-refractivity contribution is 7.99. The largest absolute Gasteiger partial charge is 0.311 e. The molecule has 20 heavy (non-hydrogen) atoms. The van der Waals surface area contributed by atoms with Crippen molar-refractivity contribution in [1.29, 1.82) is 0 Å². The van der Waals surface area contributed by atoms with Gasteiger partial charge in [-0.3, -0.25) is 4.90 Å². The Hall–Kier alpha value is 0.270. The number of hydrogen-bond acceptors (Lipinski definition) is 3. The van der Waals surface area contributed by atoms with Gasteiger partial charge in [0.15, 0.2) is 0 Å². The van der Waals surface area contributed by atoms with Crippen molar-refractivity contribution < 1.29 is 0 Å². The van der Waals surface area contributed by atoms with Crippen molar-refractivity contribution in [3.8, 4) is 0 Å². The molecule has 0 spiro atoms. The van der Waals surface area contributed by atoms with Gasteiger partial charge in [-0.05, 0) is 30.9 Å². The van der Waals surface area contributed by atoms with E-state index in [1.165, 1.54) is 76.1 Å². The second kappa shape index (κ2) is 9.32. The van der Waals surface area contributed by atoms with Gasteiger partial charge >= 0.3 is 0 Å². The van der Waals surface area contributed by atoms with Gasteiger partial charge in [-0.2, -0.15) is 11.8 Å². The average molecular weight is 299 g/mol. The topological polar surface area (TPSA) is 15.3 Å². The summed E-state index contributed by atoms with van der Waals surface area (Å²) in [5, 5.41) is 3.84. The third-order valence-corrected chi connectivity index (χ3v) is 5.98. The van der Waals surface area contributed by atoms with Gasteiger partial charge in [-0.15, -0.1) is 0 Å². The van der Waals surface area contributed by atoms with E-state index in [9.17, 15) is 0 Å². The minimum absolute atomic E-state index is 0.742. The van der Waals surface area contributed by atoms with Crippen LogP contribution < -0.4 is 5.32 Å². The highest BCUT2D eigenvalue weighted by Gasteiger charge is 2.33. The average Bonchev–Trinajstić information content (AvgIpc) is 2.49. The van der Waals surface area contributed by atoms with Gasteiger partial charge in [0.2, 0.25) is 0 Å². The Morgan fingerprint density at radius 2 is 1.95 bits per heavy atom. The van der Waals surface area contributed by atoms with Gasteiger partial charge < -0.3 is 5.32 Å². The predicted octanol–water partition coefficient (Wildman–Crippen LogP) is 3.76. The zero-order valence-electron chi connectivity index (χ0n) is 13.6. The van der Waals surface area contributed by atoms with E-state index in [2.05, 4.69) is 35.8 Å². The zero-order chi connectivity index (χ0) is 14.2. The van der Waals surface area contributed by atoms with E-state index < -0.39 is 0 Å². The molecule has 0 amide bonds. The Balaban J connectivity index is 1.89. The Kier molecular flexibility index (Phi) is 7.75. The van der Waals surface area contributed by atoms with Crippen molar-refractivity contribution in [2.45, 2.75) is 70.9 Å². The molecule has 1 saturated heterocycles. The van der Waals surface area contributed by atoms with Crippen LogP contribution in [0.15, 0.2) is 0 Å². The Bertz CT molecular complexity index is 253. The monoisotopic (exact) mass is 298 g/mol. The molecule has 0 bridgehead atoms.